The highest BCUT2D eigenvalue weighted by molar-refractivity contribution is 7.85. The lowest BCUT2D eigenvalue weighted by atomic mass is 10.00. The maximum absolute atomic E-state index is 12.3. The Labute approximate surface area is 167 Å². The molecule has 0 aliphatic carbocycles. The van der Waals surface area contributed by atoms with E-state index in [-0.39, 0.29) is 25.6 Å². The summed E-state index contributed by atoms with van der Waals surface area (Å²) in [6.07, 6.45) is 0.258. The van der Waals surface area contributed by atoms with Gasteiger partial charge >= 0.3 is 5.69 Å². The number of rotatable bonds is 7. The zero-order chi connectivity index (χ0) is 20.6. The van der Waals surface area contributed by atoms with Crippen LogP contribution in [0.15, 0.2) is 47.4 Å². The van der Waals surface area contributed by atoms with Crippen molar-refractivity contribution in [1.29, 1.82) is 0 Å². The fourth-order valence-electron chi connectivity index (χ4n) is 3.55. The first kappa shape index (κ1) is 20.0. The summed E-state index contributed by atoms with van der Waals surface area (Å²) in [6.45, 7) is 0.0344. The summed E-state index contributed by atoms with van der Waals surface area (Å²) in [5.74, 6) is 0.0855. The SMILES string of the molecule is CS(=O)(=O)OC[C@@]12CO[C@@H]([C@H](n3ccc(N)nc3=O)O1)[C@@H]2OCc1ccccc1. The van der Waals surface area contributed by atoms with E-state index in [2.05, 4.69) is 4.98 Å². The van der Waals surface area contributed by atoms with Gasteiger partial charge in [0, 0.05) is 6.20 Å². The van der Waals surface area contributed by atoms with E-state index in [1.807, 2.05) is 30.3 Å². The Balaban J connectivity index is 1.62. The second-order valence-corrected chi connectivity index (χ2v) is 8.72. The summed E-state index contributed by atoms with van der Waals surface area (Å²) >= 11 is 0. The van der Waals surface area contributed by atoms with E-state index in [0.29, 0.717) is 0 Å². The van der Waals surface area contributed by atoms with E-state index in [1.165, 1.54) is 16.8 Å². The molecule has 3 heterocycles. The lowest BCUT2D eigenvalue weighted by molar-refractivity contribution is -0.185. The zero-order valence-corrected chi connectivity index (χ0v) is 16.4. The summed E-state index contributed by atoms with van der Waals surface area (Å²) in [5, 5.41) is 0. The number of nitrogens with zero attached hydrogens (tertiary/aromatic N) is 2. The Morgan fingerprint density at radius 3 is 2.76 bits per heavy atom. The molecule has 4 rings (SSSR count). The molecule has 2 aromatic rings. The maximum Gasteiger partial charge on any atom is 0.351 e. The van der Waals surface area contributed by atoms with Gasteiger partial charge < -0.3 is 19.9 Å². The lowest BCUT2D eigenvalue weighted by Crippen LogP contribution is -2.47. The van der Waals surface area contributed by atoms with Crippen LogP contribution in [-0.2, 0) is 35.1 Å². The number of hydrogen-bond donors (Lipinski definition) is 1. The second kappa shape index (κ2) is 7.50. The van der Waals surface area contributed by atoms with Crippen LogP contribution < -0.4 is 11.4 Å². The molecular weight excluding hydrogens is 402 g/mol. The molecule has 1 aromatic heterocycles. The van der Waals surface area contributed by atoms with E-state index in [4.69, 9.17) is 24.1 Å². The minimum absolute atomic E-state index is 0.0697. The molecule has 0 amide bonds. The predicted molar refractivity (Wildman–Crippen MR) is 101 cm³/mol. The highest BCUT2D eigenvalue weighted by Crippen LogP contribution is 2.46. The van der Waals surface area contributed by atoms with Crippen molar-refractivity contribution in [2.75, 3.05) is 25.2 Å². The number of ether oxygens (including phenoxy) is 3. The highest BCUT2D eigenvalue weighted by Gasteiger charge is 2.63. The van der Waals surface area contributed by atoms with Crippen LogP contribution in [0.4, 0.5) is 5.82 Å². The van der Waals surface area contributed by atoms with E-state index in [0.717, 1.165) is 11.8 Å². The van der Waals surface area contributed by atoms with Crippen molar-refractivity contribution in [3.05, 3.63) is 58.6 Å². The third-order valence-electron chi connectivity index (χ3n) is 4.89. The van der Waals surface area contributed by atoms with E-state index in [9.17, 15) is 13.2 Å². The van der Waals surface area contributed by atoms with Crippen LogP contribution in [0.2, 0.25) is 0 Å². The number of nitrogen functional groups attached to an aromatic ring is 1. The van der Waals surface area contributed by atoms with Gasteiger partial charge in [-0.25, -0.2) is 4.79 Å². The number of anilines is 1. The van der Waals surface area contributed by atoms with Gasteiger partial charge in [-0.3, -0.25) is 8.75 Å². The van der Waals surface area contributed by atoms with Crippen LogP contribution in [0.1, 0.15) is 11.8 Å². The van der Waals surface area contributed by atoms with E-state index < -0.39 is 39.8 Å². The summed E-state index contributed by atoms with van der Waals surface area (Å²) in [5.41, 5.74) is 4.70. The van der Waals surface area contributed by atoms with Gasteiger partial charge in [-0.1, -0.05) is 30.3 Å². The average Bonchev–Trinajstić information content (AvgIpc) is 3.17. The molecule has 29 heavy (non-hydrogen) atoms. The molecular formula is C18H21N3O7S. The van der Waals surface area contributed by atoms with Crippen LogP contribution in [0.3, 0.4) is 0 Å². The fraction of sp³-hybridized carbons (Fsp3) is 0.444. The summed E-state index contributed by atoms with van der Waals surface area (Å²) in [4.78, 5) is 16.0. The largest absolute Gasteiger partial charge is 0.383 e. The molecule has 0 saturated carbocycles. The first-order chi connectivity index (χ1) is 13.8. The highest BCUT2D eigenvalue weighted by atomic mass is 32.2. The third kappa shape index (κ3) is 4.05. The Bertz CT molecular complexity index is 1040. The smallest absolute Gasteiger partial charge is 0.351 e. The van der Waals surface area contributed by atoms with Gasteiger partial charge in [-0.2, -0.15) is 13.4 Å². The van der Waals surface area contributed by atoms with Crippen molar-refractivity contribution in [3.63, 3.8) is 0 Å². The standard InChI is InChI=1S/C18H21N3O7S/c1-29(23,24)27-11-18-10-26-14(15(18)25-9-12-5-3-2-4-6-12)16(28-18)21-8-7-13(19)20-17(21)22/h2-8,14-16H,9-11H2,1H3,(H2,19,20,22)/t14-,15+,16-,18-/m1/s1. The first-order valence-corrected chi connectivity index (χ1v) is 10.7. The van der Waals surface area contributed by atoms with E-state index >= 15 is 0 Å². The zero-order valence-electron chi connectivity index (χ0n) is 15.6. The number of fused-ring (bicyclic) bond motifs is 2. The van der Waals surface area contributed by atoms with Crippen LogP contribution in [0, 0.1) is 0 Å². The molecule has 0 radical (unpaired) electrons. The Hall–Kier alpha value is -2.31. The van der Waals surface area contributed by atoms with Crippen molar-refractivity contribution >= 4 is 15.9 Å². The summed E-state index contributed by atoms with van der Waals surface area (Å²) in [7, 11) is -3.72. The normalized spacial score (nSPS) is 28.7. The maximum atomic E-state index is 12.3. The third-order valence-corrected chi connectivity index (χ3v) is 5.43. The quantitative estimate of drug-likeness (QED) is 0.614. The first-order valence-electron chi connectivity index (χ1n) is 8.91. The number of nitrogens with two attached hydrogens (primary N) is 1. The number of hydrogen-bond acceptors (Lipinski definition) is 9. The van der Waals surface area contributed by atoms with Crippen LogP contribution >= 0.6 is 0 Å². The summed E-state index contributed by atoms with van der Waals surface area (Å²) in [6, 6.07) is 11.0. The minimum atomic E-state index is -3.72. The molecule has 0 spiro atoms. The van der Waals surface area contributed by atoms with Crippen LogP contribution in [0.5, 0.6) is 0 Å². The Kier molecular flexibility index (Phi) is 5.17. The fourth-order valence-corrected chi connectivity index (χ4v) is 3.97. The van der Waals surface area contributed by atoms with Crippen molar-refractivity contribution in [3.8, 4) is 0 Å². The molecule has 4 atom stereocenters. The predicted octanol–water partition coefficient (Wildman–Crippen LogP) is 0.0535. The second-order valence-electron chi connectivity index (χ2n) is 7.07. The van der Waals surface area contributed by atoms with Crippen molar-refractivity contribution in [2.45, 2.75) is 30.6 Å². The molecule has 2 aliphatic rings. The van der Waals surface area contributed by atoms with Gasteiger partial charge in [0.15, 0.2) is 6.23 Å². The molecule has 156 valence electrons. The molecule has 11 heteroatoms. The topological polar surface area (TPSA) is 132 Å². The number of aromatic nitrogens is 2. The van der Waals surface area contributed by atoms with Gasteiger partial charge in [0.1, 0.15) is 30.2 Å². The molecule has 2 bridgehead atoms. The van der Waals surface area contributed by atoms with Crippen molar-refractivity contribution in [2.24, 2.45) is 0 Å². The van der Waals surface area contributed by atoms with Gasteiger partial charge in [0.2, 0.25) is 0 Å². The molecule has 1 aromatic carbocycles. The van der Waals surface area contributed by atoms with Crippen molar-refractivity contribution < 1.29 is 26.8 Å². The molecule has 2 aliphatic heterocycles. The average molecular weight is 423 g/mol. The molecule has 2 saturated heterocycles. The van der Waals surface area contributed by atoms with E-state index in [1.54, 1.807) is 0 Å². The van der Waals surface area contributed by atoms with Gasteiger partial charge in [0.25, 0.3) is 10.1 Å². The molecule has 2 N–H and O–H groups in total. The Morgan fingerprint density at radius 1 is 1.31 bits per heavy atom. The molecule has 0 unspecified atom stereocenters. The van der Waals surface area contributed by atoms with Gasteiger partial charge in [-0.05, 0) is 11.6 Å². The minimum Gasteiger partial charge on any atom is -0.383 e. The van der Waals surface area contributed by atoms with Crippen LogP contribution in [0.25, 0.3) is 0 Å². The Morgan fingerprint density at radius 2 is 2.07 bits per heavy atom. The lowest BCUT2D eigenvalue weighted by Gasteiger charge is -2.31. The van der Waals surface area contributed by atoms with Gasteiger partial charge in [0.05, 0.1) is 19.5 Å². The number of benzene rings is 1. The summed E-state index contributed by atoms with van der Waals surface area (Å²) < 4.78 is 47.4. The van der Waals surface area contributed by atoms with Crippen molar-refractivity contribution in [1.82, 2.24) is 9.55 Å². The monoisotopic (exact) mass is 423 g/mol. The van der Waals surface area contributed by atoms with Crippen LogP contribution in [-0.4, -0.2) is 55.2 Å². The van der Waals surface area contributed by atoms with Gasteiger partial charge in [-0.15, -0.1) is 0 Å². The molecule has 2 fully saturated rings. The molecule has 10 nitrogen and oxygen atoms in total.